The lowest BCUT2D eigenvalue weighted by Crippen LogP contribution is -2.29. The third-order valence-electron chi connectivity index (χ3n) is 2.65. The molecule has 1 aromatic carbocycles. The smallest absolute Gasteiger partial charge is 0.328 e. The van der Waals surface area contributed by atoms with E-state index in [-0.39, 0.29) is 11.9 Å². The highest BCUT2D eigenvalue weighted by molar-refractivity contribution is 5.88. The van der Waals surface area contributed by atoms with Crippen molar-refractivity contribution in [1.29, 1.82) is 0 Å². The fraction of sp³-hybridized carbons (Fsp3) is 0.308. The minimum absolute atomic E-state index is 0.116. The number of benzene rings is 1. The van der Waals surface area contributed by atoms with Gasteiger partial charge in [0, 0.05) is 33.1 Å². The second-order valence-electron chi connectivity index (χ2n) is 4.73. The van der Waals surface area contributed by atoms with Gasteiger partial charge in [-0.25, -0.2) is 4.79 Å². The van der Waals surface area contributed by atoms with Crippen LogP contribution in [0, 0.1) is 0 Å². The minimum atomic E-state index is -0.352. The Morgan fingerprint density at radius 3 is 2.48 bits per heavy atom. The quantitative estimate of drug-likeness (QED) is 0.899. The van der Waals surface area contributed by atoms with Crippen LogP contribution in [0.5, 0.6) is 0 Å². The molecule has 0 spiro atoms. The van der Waals surface area contributed by atoms with Crippen molar-refractivity contribution in [1.82, 2.24) is 25.1 Å². The molecule has 1 N–H and O–H groups in total. The number of hydrogen-bond donors (Lipinski definition) is 1. The van der Waals surface area contributed by atoms with Gasteiger partial charge in [-0.15, -0.1) is 10.2 Å². The van der Waals surface area contributed by atoms with Gasteiger partial charge in [0.25, 0.3) is 0 Å². The van der Waals surface area contributed by atoms with E-state index in [0.717, 1.165) is 16.0 Å². The van der Waals surface area contributed by atoms with Crippen LogP contribution in [0.2, 0.25) is 0 Å². The van der Waals surface area contributed by atoms with Crippen LogP contribution in [0.4, 0.5) is 10.5 Å². The number of tetrazole rings is 1. The summed E-state index contributed by atoms with van der Waals surface area (Å²) in [6.07, 6.45) is 0.459. The maximum atomic E-state index is 11.6. The Morgan fingerprint density at radius 2 is 1.90 bits per heavy atom. The number of hydrogen-bond acceptors (Lipinski definition) is 5. The molecule has 2 amide bonds. The summed E-state index contributed by atoms with van der Waals surface area (Å²) in [5.74, 6) is 0.340. The van der Waals surface area contributed by atoms with Gasteiger partial charge in [0.1, 0.15) is 0 Å². The molecule has 1 aromatic heterocycles. The van der Waals surface area contributed by atoms with Crippen LogP contribution in [-0.2, 0) is 11.2 Å². The van der Waals surface area contributed by atoms with Crippen molar-refractivity contribution in [2.24, 2.45) is 0 Å². The van der Waals surface area contributed by atoms with Gasteiger partial charge in [0.05, 0.1) is 0 Å². The first kappa shape index (κ1) is 14.6. The van der Waals surface area contributed by atoms with E-state index >= 15 is 0 Å². The zero-order valence-electron chi connectivity index (χ0n) is 12.1. The highest BCUT2D eigenvalue weighted by Gasteiger charge is 2.12. The third-order valence-corrected chi connectivity index (χ3v) is 2.65. The predicted octanol–water partition coefficient (Wildman–Crippen LogP) is 0.752. The molecule has 1 heterocycles. The molecule has 0 radical (unpaired) electrons. The van der Waals surface area contributed by atoms with Gasteiger partial charge in [0.2, 0.25) is 5.91 Å². The Kier molecular flexibility index (Phi) is 4.27. The molecule has 8 nitrogen and oxygen atoms in total. The lowest BCUT2D eigenvalue weighted by atomic mass is 10.1. The van der Waals surface area contributed by atoms with Gasteiger partial charge in [-0.05, 0) is 22.9 Å². The van der Waals surface area contributed by atoms with E-state index in [1.807, 2.05) is 12.1 Å². The SMILES string of the molecule is CC(=O)Nc1ccc(Cc2nnn(C(=O)N(C)C)n2)cc1. The summed E-state index contributed by atoms with van der Waals surface area (Å²) in [6, 6.07) is 6.97. The highest BCUT2D eigenvalue weighted by Crippen LogP contribution is 2.11. The highest BCUT2D eigenvalue weighted by atomic mass is 16.2. The Morgan fingerprint density at radius 1 is 1.24 bits per heavy atom. The van der Waals surface area contributed by atoms with Crippen LogP contribution < -0.4 is 5.32 Å². The molecule has 0 fully saturated rings. The molecule has 0 aliphatic rings. The van der Waals surface area contributed by atoms with E-state index < -0.39 is 0 Å². The van der Waals surface area contributed by atoms with Crippen LogP contribution in [-0.4, -0.2) is 51.1 Å². The van der Waals surface area contributed by atoms with Crippen molar-refractivity contribution >= 4 is 17.6 Å². The Labute approximate surface area is 121 Å². The van der Waals surface area contributed by atoms with E-state index in [1.54, 1.807) is 26.2 Å². The molecule has 0 bridgehead atoms. The summed E-state index contributed by atoms with van der Waals surface area (Å²) >= 11 is 0. The van der Waals surface area contributed by atoms with E-state index in [9.17, 15) is 9.59 Å². The molecule has 0 aliphatic heterocycles. The first-order valence-electron chi connectivity index (χ1n) is 6.33. The van der Waals surface area contributed by atoms with E-state index in [1.165, 1.54) is 11.8 Å². The zero-order valence-corrected chi connectivity index (χ0v) is 12.1. The van der Waals surface area contributed by atoms with E-state index in [0.29, 0.717) is 12.2 Å². The van der Waals surface area contributed by atoms with Crippen molar-refractivity contribution in [2.45, 2.75) is 13.3 Å². The zero-order chi connectivity index (χ0) is 15.4. The second-order valence-corrected chi connectivity index (χ2v) is 4.73. The summed E-state index contributed by atoms with van der Waals surface area (Å²) in [4.78, 5) is 24.9. The Bertz CT molecular complexity index is 647. The predicted molar refractivity (Wildman–Crippen MR) is 75.8 cm³/mol. The number of aromatic nitrogens is 4. The molecule has 8 heteroatoms. The van der Waals surface area contributed by atoms with Crippen molar-refractivity contribution in [2.75, 3.05) is 19.4 Å². The molecule has 0 atom stereocenters. The summed E-state index contributed by atoms with van der Waals surface area (Å²) < 4.78 is 0. The summed E-state index contributed by atoms with van der Waals surface area (Å²) in [6.45, 7) is 1.46. The minimum Gasteiger partial charge on any atom is -0.328 e. The fourth-order valence-corrected chi connectivity index (χ4v) is 1.67. The fourth-order valence-electron chi connectivity index (χ4n) is 1.67. The topological polar surface area (TPSA) is 93.0 Å². The molecular formula is C13H16N6O2. The summed E-state index contributed by atoms with van der Waals surface area (Å²) in [5, 5.41) is 14.3. The van der Waals surface area contributed by atoms with E-state index in [2.05, 4.69) is 20.7 Å². The molecular weight excluding hydrogens is 272 g/mol. The van der Waals surface area contributed by atoms with Crippen LogP contribution >= 0.6 is 0 Å². The average Bonchev–Trinajstić information content (AvgIpc) is 2.88. The number of carbonyl (C=O) groups is 2. The van der Waals surface area contributed by atoms with Crippen molar-refractivity contribution in [3.05, 3.63) is 35.7 Å². The van der Waals surface area contributed by atoms with E-state index in [4.69, 9.17) is 0 Å². The number of rotatable bonds is 3. The molecule has 0 aliphatic carbocycles. The third kappa shape index (κ3) is 3.85. The summed E-state index contributed by atoms with van der Waals surface area (Å²) in [5.41, 5.74) is 1.69. The lowest BCUT2D eigenvalue weighted by molar-refractivity contribution is -0.114. The van der Waals surface area contributed by atoms with Crippen molar-refractivity contribution in [3.63, 3.8) is 0 Å². The number of carbonyl (C=O) groups excluding carboxylic acids is 2. The lowest BCUT2D eigenvalue weighted by Gasteiger charge is -2.06. The molecule has 0 unspecified atom stereocenters. The second kappa shape index (κ2) is 6.12. The van der Waals surface area contributed by atoms with Crippen LogP contribution in [0.25, 0.3) is 0 Å². The standard InChI is InChI=1S/C13H16N6O2/c1-9(20)14-11-6-4-10(5-7-11)8-12-15-17-19(16-12)13(21)18(2)3/h4-7H,8H2,1-3H3,(H,14,20). The molecule has 2 aromatic rings. The molecule has 2 rings (SSSR count). The van der Waals surface area contributed by atoms with Gasteiger partial charge in [-0.1, -0.05) is 16.9 Å². The number of amides is 2. The summed E-state index contributed by atoms with van der Waals surface area (Å²) in [7, 11) is 3.23. The molecule has 21 heavy (non-hydrogen) atoms. The largest absolute Gasteiger partial charge is 0.362 e. The van der Waals surface area contributed by atoms with Crippen LogP contribution in [0.1, 0.15) is 18.3 Å². The molecule has 0 saturated heterocycles. The first-order valence-corrected chi connectivity index (χ1v) is 6.33. The maximum absolute atomic E-state index is 11.6. The van der Waals surface area contributed by atoms with Crippen molar-refractivity contribution < 1.29 is 9.59 Å². The molecule has 0 saturated carbocycles. The van der Waals surface area contributed by atoms with Gasteiger partial charge in [-0.3, -0.25) is 4.79 Å². The number of anilines is 1. The molecule has 110 valence electrons. The van der Waals surface area contributed by atoms with Crippen molar-refractivity contribution in [3.8, 4) is 0 Å². The Balaban J connectivity index is 2.05. The Hall–Kier alpha value is -2.77. The number of nitrogens with one attached hydrogen (secondary N) is 1. The monoisotopic (exact) mass is 288 g/mol. The van der Waals surface area contributed by atoms with Gasteiger partial charge >= 0.3 is 6.03 Å². The van der Waals surface area contributed by atoms with Gasteiger partial charge < -0.3 is 10.2 Å². The maximum Gasteiger partial charge on any atom is 0.362 e. The van der Waals surface area contributed by atoms with Gasteiger partial charge in [-0.2, -0.15) is 0 Å². The number of nitrogens with zero attached hydrogens (tertiary/aromatic N) is 5. The first-order chi connectivity index (χ1) is 9.95. The van der Waals surface area contributed by atoms with Crippen LogP contribution in [0.15, 0.2) is 24.3 Å². The van der Waals surface area contributed by atoms with Crippen LogP contribution in [0.3, 0.4) is 0 Å². The average molecular weight is 288 g/mol. The normalized spacial score (nSPS) is 10.2. The van der Waals surface area contributed by atoms with Gasteiger partial charge in [0.15, 0.2) is 5.82 Å².